The van der Waals surface area contributed by atoms with Crippen LogP contribution in [0.1, 0.15) is 19.3 Å². The van der Waals surface area contributed by atoms with Crippen LogP contribution in [-0.2, 0) is 4.79 Å². The summed E-state index contributed by atoms with van der Waals surface area (Å²) in [4.78, 5) is 22.1. The summed E-state index contributed by atoms with van der Waals surface area (Å²) in [5.74, 6) is 0.561. The smallest absolute Gasteiger partial charge is 0.318 e. The number of nitrogens with one attached hydrogen (secondary N) is 1. The summed E-state index contributed by atoms with van der Waals surface area (Å²) in [6.07, 6.45) is 7.37. The molecule has 0 aliphatic heterocycles. The number of urea groups is 1. The molecular weight excluding hydrogens is 180 g/mol. The first-order valence-corrected chi connectivity index (χ1v) is 4.95. The van der Waals surface area contributed by atoms with Crippen molar-refractivity contribution in [2.75, 3.05) is 0 Å². The zero-order valence-electron chi connectivity index (χ0n) is 7.90. The number of fused-ring (bicyclic) bond motifs is 2. The summed E-state index contributed by atoms with van der Waals surface area (Å²) in [7, 11) is 0. The van der Waals surface area contributed by atoms with E-state index < -0.39 is 6.03 Å². The Bertz CT molecular complexity index is 298. The molecule has 76 valence electrons. The lowest BCUT2D eigenvalue weighted by Gasteiger charge is -2.36. The average Bonchev–Trinajstić information content (AvgIpc) is 2.18. The van der Waals surface area contributed by atoms with E-state index in [-0.39, 0.29) is 11.8 Å². The highest BCUT2D eigenvalue weighted by molar-refractivity contribution is 5.95. The van der Waals surface area contributed by atoms with Gasteiger partial charge < -0.3 is 5.73 Å². The summed E-state index contributed by atoms with van der Waals surface area (Å²) in [6.45, 7) is 0. The van der Waals surface area contributed by atoms with Crippen LogP contribution in [0.3, 0.4) is 0 Å². The highest BCUT2D eigenvalue weighted by Gasteiger charge is 2.36. The van der Waals surface area contributed by atoms with Gasteiger partial charge in [0.2, 0.25) is 5.91 Å². The first-order valence-electron chi connectivity index (χ1n) is 4.95. The summed E-state index contributed by atoms with van der Waals surface area (Å²) < 4.78 is 0. The highest BCUT2D eigenvalue weighted by Crippen LogP contribution is 2.40. The molecule has 4 heteroatoms. The van der Waals surface area contributed by atoms with E-state index in [9.17, 15) is 9.59 Å². The van der Waals surface area contributed by atoms with Gasteiger partial charge in [-0.1, -0.05) is 12.2 Å². The van der Waals surface area contributed by atoms with Gasteiger partial charge in [0.1, 0.15) is 0 Å². The molecule has 0 radical (unpaired) electrons. The minimum atomic E-state index is -0.750. The molecule has 3 atom stereocenters. The summed E-state index contributed by atoms with van der Waals surface area (Å²) in [5, 5.41) is 2.16. The Kier molecular flexibility index (Phi) is 2.27. The molecule has 1 fully saturated rings. The van der Waals surface area contributed by atoms with Crippen LogP contribution in [0, 0.1) is 17.8 Å². The normalized spacial score (nSPS) is 34.1. The predicted octanol–water partition coefficient (Wildman–Crippen LogP) is 0.784. The molecule has 3 rings (SSSR count). The lowest BCUT2D eigenvalue weighted by Crippen LogP contribution is -2.44. The predicted molar refractivity (Wildman–Crippen MR) is 51.2 cm³/mol. The average molecular weight is 194 g/mol. The number of allylic oxidation sites excluding steroid dienone is 2. The molecule has 14 heavy (non-hydrogen) atoms. The van der Waals surface area contributed by atoms with Crippen molar-refractivity contribution in [1.82, 2.24) is 5.32 Å². The second kappa shape index (κ2) is 3.44. The fourth-order valence-corrected chi connectivity index (χ4v) is 2.45. The lowest BCUT2D eigenvalue weighted by atomic mass is 9.69. The zero-order chi connectivity index (χ0) is 10.1. The molecule has 3 aliphatic rings. The van der Waals surface area contributed by atoms with E-state index >= 15 is 0 Å². The Morgan fingerprint density at radius 1 is 1.29 bits per heavy atom. The van der Waals surface area contributed by atoms with Crippen molar-refractivity contribution in [3.05, 3.63) is 12.2 Å². The number of imide groups is 1. The van der Waals surface area contributed by atoms with Crippen molar-refractivity contribution in [1.29, 1.82) is 0 Å². The summed E-state index contributed by atoms with van der Waals surface area (Å²) in [5.41, 5.74) is 4.91. The second-order valence-corrected chi connectivity index (χ2v) is 4.08. The number of hydrogen-bond acceptors (Lipinski definition) is 2. The Hall–Kier alpha value is -1.32. The maximum atomic E-state index is 11.6. The number of hydrogen-bond donors (Lipinski definition) is 2. The molecule has 0 spiro atoms. The van der Waals surface area contributed by atoms with E-state index in [1.807, 2.05) is 0 Å². The van der Waals surface area contributed by atoms with E-state index in [0.29, 0.717) is 11.8 Å². The Balaban J connectivity index is 2.02. The van der Waals surface area contributed by atoms with Crippen molar-refractivity contribution in [2.45, 2.75) is 19.3 Å². The van der Waals surface area contributed by atoms with E-state index in [0.717, 1.165) is 12.8 Å². The minimum absolute atomic E-state index is 0.0498. The van der Waals surface area contributed by atoms with Crippen molar-refractivity contribution in [3.63, 3.8) is 0 Å². The number of nitrogens with two attached hydrogens (primary N) is 1. The van der Waals surface area contributed by atoms with Crippen molar-refractivity contribution in [3.8, 4) is 0 Å². The molecule has 4 nitrogen and oxygen atoms in total. The number of carbonyl (C=O) groups is 2. The van der Waals surface area contributed by atoms with Crippen molar-refractivity contribution >= 4 is 11.9 Å². The molecule has 0 heterocycles. The summed E-state index contributed by atoms with van der Waals surface area (Å²) >= 11 is 0. The Morgan fingerprint density at radius 3 is 2.50 bits per heavy atom. The molecule has 0 aromatic heterocycles. The Labute approximate surface area is 82.5 Å². The molecule has 0 saturated heterocycles. The first-order chi connectivity index (χ1) is 6.66. The van der Waals surface area contributed by atoms with E-state index in [1.54, 1.807) is 0 Å². The quantitative estimate of drug-likeness (QED) is 0.605. The van der Waals surface area contributed by atoms with Gasteiger partial charge in [-0.2, -0.15) is 0 Å². The lowest BCUT2D eigenvalue weighted by molar-refractivity contribution is -0.126. The van der Waals surface area contributed by atoms with E-state index in [2.05, 4.69) is 17.5 Å². The fourth-order valence-electron chi connectivity index (χ4n) is 2.45. The molecule has 0 aromatic carbocycles. The van der Waals surface area contributed by atoms with Crippen LogP contribution in [0.15, 0.2) is 12.2 Å². The van der Waals surface area contributed by atoms with Gasteiger partial charge >= 0.3 is 6.03 Å². The topological polar surface area (TPSA) is 72.2 Å². The molecule has 3 N–H and O–H groups in total. The van der Waals surface area contributed by atoms with Crippen LogP contribution in [0.2, 0.25) is 0 Å². The van der Waals surface area contributed by atoms with E-state index in [1.165, 1.54) is 6.42 Å². The molecule has 1 saturated carbocycles. The number of primary amides is 1. The molecule has 0 unspecified atom stereocenters. The third-order valence-corrected chi connectivity index (χ3v) is 3.16. The van der Waals surface area contributed by atoms with Crippen LogP contribution in [0.4, 0.5) is 4.79 Å². The minimum Gasteiger partial charge on any atom is -0.351 e. The number of amides is 3. The van der Waals surface area contributed by atoms with Gasteiger partial charge in [0.25, 0.3) is 0 Å². The zero-order valence-corrected chi connectivity index (χ0v) is 7.90. The van der Waals surface area contributed by atoms with Crippen molar-refractivity contribution in [2.24, 2.45) is 23.5 Å². The van der Waals surface area contributed by atoms with Crippen LogP contribution in [0.5, 0.6) is 0 Å². The standard InChI is InChI=1S/C10H14N2O2/c11-10(14)12-9(13)8-5-6-1-3-7(8)4-2-6/h1,3,6-8H,2,4-5H2,(H3,11,12,13,14)/t6-,7+,8-/m0/s1. The number of rotatable bonds is 1. The van der Waals surface area contributed by atoms with Crippen LogP contribution >= 0.6 is 0 Å². The van der Waals surface area contributed by atoms with Crippen LogP contribution < -0.4 is 11.1 Å². The molecule has 3 amide bonds. The van der Waals surface area contributed by atoms with Gasteiger partial charge in [-0.05, 0) is 31.1 Å². The van der Waals surface area contributed by atoms with Gasteiger partial charge in [-0.25, -0.2) is 4.79 Å². The second-order valence-electron chi connectivity index (χ2n) is 4.08. The van der Waals surface area contributed by atoms with Gasteiger partial charge in [0.15, 0.2) is 0 Å². The monoisotopic (exact) mass is 194 g/mol. The first kappa shape index (κ1) is 9.24. The van der Waals surface area contributed by atoms with E-state index in [4.69, 9.17) is 5.73 Å². The largest absolute Gasteiger partial charge is 0.351 e. The maximum absolute atomic E-state index is 11.6. The third-order valence-electron chi connectivity index (χ3n) is 3.16. The third kappa shape index (κ3) is 1.64. The molecule has 2 bridgehead atoms. The molecule has 0 aromatic rings. The molecular formula is C10H14N2O2. The van der Waals surface area contributed by atoms with Crippen LogP contribution in [-0.4, -0.2) is 11.9 Å². The Morgan fingerprint density at radius 2 is 2.07 bits per heavy atom. The highest BCUT2D eigenvalue weighted by atomic mass is 16.2. The maximum Gasteiger partial charge on any atom is 0.318 e. The van der Waals surface area contributed by atoms with Gasteiger partial charge in [0, 0.05) is 5.92 Å². The molecule has 3 aliphatic carbocycles. The van der Waals surface area contributed by atoms with Crippen molar-refractivity contribution < 1.29 is 9.59 Å². The fraction of sp³-hybridized carbons (Fsp3) is 0.600. The van der Waals surface area contributed by atoms with Gasteiger partial charge in [-0.3, -0.25) is 10.1 Å². The van der Waals surface area contributed by atoms with Crippen LogP contribution in [0.25, 0.3) is 0 Å². The summed E-state index contributed by atoms with van der Waals surface area (Å²) in [6, 6.07) is -0.750. The number of carbonyl (C=O) groups excluding carboxylic acids is 2. The van der Waals surface area contributed by atoms with Gasteiger partial charge in [-0.15, -0.1) is 0 Å². The van der Waals surface area contributed by atoms with Gasteiger partial charge in [0.05, 0.1) is 0 Å². The SMILES string of the molecule is NC(=O)NC(=O)[C@H]1C[C@H]2C=C[C@@H]1CC2.